The summed E-state index contributed by atoms with van der Waals surface area (Å²) in [5.74, 6) is -2.40. The van der Waals surface area contributed by atoms with Crippen LogP contribution < -0.4 is 0 Å². The van der Waals surface area contributed by atoms with E-state index in [0.29, 0.717) is 0 Å². The first kappa shape index (κ1) is 15.3. The maximum absolute atomic E-state index is 11.7. The predicted octanol–water partition coefficient (Wildman–Crippen LogP) is -1.38. The maximum atomic E-state index is 11.7. The molecule has 1 unspecified atom stereocenters. The monoisotopic (exact) mass is 302 g/mol. The van der Waals surface area contributed by atoms with Gasteiger partial charge in [-0.05, 0) is 6.42 Å². The van der Waals surface area contributed by atoms with Crippen molar-refractivity contribution in [1.29, 1.82) is 0 Å². The topological polar surface area (TPSA) is 156 Å². The number of hydrogen-bond donors (Lipinski definition) is 4. The minimum absolute atomic E-state index is 0.0235. The lowest BCUT2D eigenvalue weighted by atomic mass is 10.2. The van der Waals surface area contributed by atoms with Crippen molar-refractivity contribution in [3.63, 3.8) is 0 Å². The summed E-state index contributed by atoms with van der Waals surface area (Å²) in [5, 5.41) is 0. The van der Waals surface area contributed by atoms with Crippen molar-refractivity contribution in [3.05, 3.63) is 0 Å². The highest BCUT2D eigenvalue weighted by Crippen LogP contribution is 2.49. The van der Waals surface area contributed by atoms with Crippen molar-refractivity contribution in [2.24, 2.45) is 0 Å². The molecule has 1 aliphatic heterocycles. The van der Waals surface area contributed by atoms with E-state index in [9.17, 15) is 18.7 Å². The molecule has 1 atom stereocenters. The molecule has 104 valence electrons. The summed E-state index contributed by atoms with van der Waals surface area (Å²) in [4.78, 5) is 58.9. The highest BCUT2D eigenvalue weighted by atomic mass is 31.2. The lowest BCUT2D eigenvalue weighted by molar-refractivity contribution is -0.147. The molecule has 0 aliphatic carbocycles. The van der Waals surface area contributed by atoms with Gasteiger partial charge in [-0.25, -0.2) is 18.5 Å². The van der Waals surface area contributed by atoms with Crippen molar-refractivity contribution < 1.29 is 38.3 Å². The summed E-state index contributed by atoms with van der Waals surface area (Å²) in [7, 11) is -9.98. The van der Waals surface area contributed by atoms with Crippen molar-refractivity contribution in [1.82, 2.24) is 9.34 Å². The van der Waals surface area contributed by atoms with Gasteiger partial charge in [0.25, 0.3) is 11.8 Å². The van der Waals surface area contributed by atoms with Crippen LogP contribution >= 0.6 is 15.5 Å². The highest BCUT2D eigenvalue weighted by molar-refractivity contribution is 7.51. The molecule has 1 saturated heterocycles. The second kappa shape index (κ2) is 4.73. The summed E-state index contributed by atoms with van der Waals surface area (Å²) >= 11 is 0. The average molecular weight is 302 g/mol. The number of nitrogens with zero attached hydrogens (tertiary/aromatic N) is 2. The van der Waals surface area contributed by atoms with Crippen LogP contribution in [0.2, 0.25) is 0 Å². The molecule has 0 aromatic rings. The Hall–Kier alpha value is -0.760. The zero-order valence-corrected chi connectivity index (χ0v) is 11.0. The molecule has 0 aromatic heterocycles. The minimum Gasteiger partial charge on any atom is -0.308 e. The summed E-state index contributed by atoms with van der Waals surface area (Å²) < 4.78 is 22.2. The molecular formula is C6H12N2O8P2. The van der Waals surface area contributed by atoms with Crippen LogP contribution in [0.4, 0.5) is 0 Å². The van der Waals surface area contributed by atoms with E-state index in [1.165, 1.54) is 6.92 Å². The number of carbonyl (C=O) groups is 2. The van der Waals surface area contributed by atoms with Gasteiger partial charge in [-0.1, -0.05) is 6.92 Å². The second-order valence-electron chi connectivity index (χ2n) is 3.58. The molecule has 0 spiro atoms. The number of amides is 2. The van der Waals surface area contributed by atoms with Gasteiger partial charge in [0.15, 0.2) is 0 Å². The van der Waals surface area contributed by atoms with Gasteiger partial charge in [0, 0.05) is 0 Å². The molecule has 0 radical (unpaired) electrons. The molecule has 1 aliphatic rings. The van der Waals surface area contributed by atoms with Crippen LogP contribution in [0.15, 0.2) is 0 Å². The van der Waals surface area contributed by atoms with Gasteiger partial charge in [-0.3, -0.25) is 9.59 Å². The fraction of sp³-hybridized carbons (Fsp3) is 0.667. The molecule has 0 saturated carbocycles. The van der Waals surface area contributed by atoms with Crippen LogP contribution in [0, 0.1) is 0 Å². The van der Waals surface area contributed by atoms with Crippen molar-refractivity contribution in [2.75, 3.05) is 6.54 Å². The standard InChI is InChI=1S/C6H12N2O8P2/c1-2-4-6(10)7(17(11,12)13)3-5(9)8(4)18(14,15)16/h4H,2-3H2,1H3,(H2,11,12,13)(H2,14,15,16). The van der Waals surface area contributed by atoms with Gasteiger partial charge >= 0.3 is 15.5 Å². The van der Waals surface area contributed by atoms with E-state index in [4.69, 9.17) is 19.6 Å². The van der Waals surface area contributed by atoms with Crippen LogP contribution in [-0.4, -0.2) is 53.3 Å². The Labute approximate surface area is 102 Å². The Kier molecular flexibility index (Phi) is 4.02. The van der Waals surface area contributed by atoms with E-state index >= 15 is 0 Å². The summed E-state index contributed by atoms with van der Waals surface area (Å²) in [6, 6.07) is -1.58. The van der Waals surface area contributed by atoms with Crippen LogP contribution in [0.3, 0.4) is 0 Å². The first-order valence-electron chi connectivity index (χ1n) is 4.75. The number of hydrogen-bond acceptors (Lipinski definition) is 4. The van der Waals surface area contributed by atoms with Crippen molar-refractivity contribution in [2.45, 2.75) is 19.4 Å². The SMILES string of the molecule is CCC1C(=O)N(P(=O)(O)O)CC(=O)N1P(=O)(O)O. The highest BCUT2D eigenvalue weighted by Gasteiger charge is 2.50. The van der Waals surface area contributed by atoms with E-state index < -0.39 is 39.9 Å². The zero-order chi connectivity index (χ0) is 14.3. The quantitative estimate of drug-likeness (QED) is 0.465. The van der Waals surface area contributed by atoms with Gasteiger partial charge in [0.2, 0.25) is 0 Å². The third kappa shape index (κ3) is 2.80. The zero-order valence-electron chi connectivity index (χ0n) is 9.20. The van der Waals surface area contributed by atoms with Crippen LogP contribution in [0.1, 0.15) is 13.3 Å². The van der Waals surface area contributed by atoms with Gasteiger partial charge in [0.1, 0.15) is 12.6 Å². The summed E-state index contributed by atoms with van der Waals surface area (Å²) in [5.41, 5.74) is 0. The normalized spacial score (nSPS) is 22.6. The maximum Gasteiger partial charge on any atom is 0.433 e. The molecule has 12 heteroatoms. The van der Waals surface area contributed by atoms with Crippen LogP contribution in [0.25, 0.3) is 0 Å². The summed E-state index contributed by atoms with van der Waals surface area (Å²) in [6.45, 7) is 0.298. The smallest absolute Gasteiger partial charge is 0.308 e. The minimum atomic E-state index is -5.00. The van der Waals surface area contributed by atoms with E-state index in [2.05, 4.69) is 0 Å². The summed E-state index contributed by atoms with van der Waals surface area (Å²) in [6.07, 6.45) is -0.174. The van der Waals surface area contributed by atoms with E-state index in [1.54, 1.807) is 0 Å². The fourth-order valence-corrected chi connectivity index (χ4v) is 3.30. The molecule has 1 rings (SSSR count). The predicted molar refractivity (Wildman–Crippen MR) is 56.7 cm³/mol. The molecule has 2 amide bonds. The first-order chi connectivity index (χ1) is 8.00. The Morgan fingerprint density at radius 1 is 1.17 bits per heavy atom. The number of rotatable bonds is 3. The lowest BCUT2D eigenvalue weighted by Gasteiger charge is -2.39. The fourth-order valence-electron chi connectivity index (χ4n) is 1.62. The number of piperazine rings is 1. The third-order valence-corrected chi connectivity index (χ3v) is 4.39. The van der Waals surface area contributed by atoms with Gasteiger partial charge < -0.3 is 19.6 Å². The molecule has 0 aromatic carbocycles. The molecule has 4 N–H and O–H groups in total. The van der Waals surface area contributed by atoms with Crippen molar-refractivity contribution >= 4 is 27.3 Å². The third-order valence-electron chi connectivity index (χ3n) is 2.36. The first-order valence-corrected chi connectivity index (χ1v) is 7.88. The lowest BCUT2D eigenvalue weighted by Crippen LogP contribution is -2.56. The van der Waals surface area contributed by atoms with Crippen molar-refractivity contribution in [3.8, 4) is 0 Å². The molecule has 1 heterocycles. The Bertz CT molecular complexity index is 466. The van der Waals surface area contributed by atoms with Gasteiger partial charge in [-0.2, -0.15) is 0 Å². The van der Waals surface area contributed by atoms with E-state index in [1.807, 2.05) is 0 Å². The Balaban J connectivity index is 3.21. The average Bonchev–Trinajstić information content (AvgIpc) is 2.16. The second-order valence-corrected chi connectivity index (χ2v) is 6.55. The number of carbonyl (C=O) groups excluding carboxylic acids is 2. The Morgan fingerprint density at radius 3 is 2.00 bits per heavy atom. The molecular weight excluding hydrogens is 290 g/mol. The molecule has 10 nitrogen and oxygen atoms in total. The Morgan fingerprint density at radius 2 is 1.67 bits per heavy atom. The van der Waals surface area contributed by atoms with Crippen LogP contribution in [-0.2, 0) is 18.7 Å². The largest absolute Gasteiger partial charge is 0.433 e. The van der Waals surface area contributed by atoms with E-state index in [0.717, 1.165) is 0 Å². The van der Waals surface area contributed by atoms with Crippen LogP contribution in [0.5, 0.6) is 0 Å². The van der Waals surface area contributed by atoms with Gasteiger partial charge in [-0.15, -0.1) is 0 Å². The van der Waals surface area contributed by atoms with Gasteiger partial charge in [0.05, 0.1) is 0 Å². The molecule has 0 bridgehead atoms. The molecule has 18 heavy (non-hydrogen) atoms. The molecule has 1 fully saturated rings. The van der Waals surface area contributed by atoms with E-state index in [-0.39, 0.29) is 15.8 Å².